The lowest BCUT2D eigenvalue weighted by Gasteiger charge is -2.20. The molecule has 1 N–H and O–H groups in total. The summed E-state index contributed by atoms with van der Waals surface area (Å²) in [5.74, 6) is 0.0175. The number of anilines is 1. The minimum Gasteiger partial charge on any atom is -0.481 e. The molecule has 0 saturated carbocycles. The number of hydrogen-bond acceptors (Lipinski definition) is 5. The highest BCUT2D eigenvalue weighted by atomic mass is 16.4. The molecule has 0 aliphatic rings. The lowest BCUT2D eigenvalue weighted by atomic mass is 10.2. The summed E-state index contributed by atoms with van der Waals surface area (Å²) >= 11 is 0. The van der Waals surface area contributed by atoms with Gasteiger partial charge in [0.25, 0.3) is 0 Å². The molecule has 2 heterocycles. The highest BCUT2D eigenvalue weighted by Gasteiger charge is 2.16. The van der Waals surface area contributed by atoms with E-state index in [0.29, 0.717) is 23.8 Å². The van der Waals surface area contributed by atoms with Crippen LogP contribution in [0.3, 0.4) is 0 Å². The minimum absolute atomic E-state index is 0.372. The van der Waals surface area contributed by atoms with Crippen LogP contribution >= 0.6 is 0 Å². The fraction of sp³-hybridized carbons (Fsp3) is 0.250. The summed E-state index contributed by atoms with van der Waals surface area (Å²) in [5, 5.41) is 21.9. The standard InChI is InChI=1S/C16H17N5O2/c1-11(16(22)23)10-20(2)14-9-8-13-17-18-15(21(13)19-14)12-6-4-3-5-7-12/h3-9,11H,10H2,1-2H3,(H,22,23). The number of benzene rings is 1. The second-order valence-corrected chi connectivity index (χ2v) is 5.47. The molecule has 7 nitrogen and oxygen atoms in total. The summed E-state index contributed by atoms with van der Waals surface area (Å²) in [6.07, 6.45) is 0. The molecule has 118 valence electrons. The van der Waals surface area contributed by atoms with E-state index in [1.807, 2.05) is 54.4 Å². The normalized spacial score (nSPS) is 12.3. The van der Waals surface area contributed by atoms with Crippen molar-refractivity contribution in [2.24, 2.45) is 5.92 Å². The molecule has 3 aromatic rings. The van der Waals surface area contributed by atoms with Gasteiger partial charge in [0.1, 0.15) is 5.82 Å². The quantitative estimate of drug-likeness (QED) is 0.775. The summed E-state index contributed by atoms with van der Waals surface area (Å²) in [5.41, 5.74) is 1.57. The predicted octanol–water partition coefficient (Wildman–Crippen LogP) is 1.95. The molecule has 1 unspecified atom stereocenters. The van der Waals surface area contributed by atoms with Gasteiger partial charge in [-0.2, -0.15) is 4.52 Å². The fourth-order valence-electron chi connectivity index (χ4n) is 2.33. The molecule has 0 aliphatic heterocycles. The van der Waals surface area contributed by atoms with Crippen LogP contribution in [0.2, 0.25) is 0 Å². The Kier molecular flexibility index (Phi) is 3.92. The zero-order valence-corrected chi connectivity index (χ0v) is 12.9. The van der Waals surface area contributed by atoms with Gasteiger partial charge in [0, 0.05) is 19.2 Å². The van der Waals surface area contributed by atoms with Crippen molar-refractivity contribution >= 4 is 17.4 Å². The molecule has 23 heavy (non-hydrogen) atoms. The third-order valence-electron chi connectivity index (χ3n) is 3.64. The maximum absolute atomic E-state index is 11.0. The number of aliphatic carboxylic acids is 1. The Bertz CT molecular complexity index is 831. The highest BCUT2D eigenvalue weighted by molar-refractivity contribution is 5.70. The molecule has 2 aromatic heterocycles. The van der Waals surface area contributed by atoms with Gasteiger partial charge >= 0.3 is 5.97 Å². The third kappa shape index (κ3) is 2.98. The molecule has 0 spiro atoms. The lowest BCUT2D eigenvalue weighted by molar-refractivity contribution is -0.140. The average molecular weight is 311 g/mol. The summed E-state index contributed by atoms with van der Waals surface area (Å²) in [4.78, 5) is 12.8. The Morgan fingerprint density at radius 3 is 2.65 bits per heavy atom. The maximum atomic E-state index is 11.0. The molecule has 0 fully saturated rings. The van der Waals surface area contributed by atoms with E-state index >= 15 is 0 Å². The second-order valence-electron chi connectivity index (χ2n) is 5.47. The van der Waals surface area contributed by atoms with Crippen molar-refractivity contribution in [3.63, 3.8) is 0 Å². The van der Waals surface area contributed by atoms with Gasteiger partial charge in [-0.3, -0.25) is 4.79 Å². The second kappa shape index (κ2) is 6.04. The molecule has 1 atom stereocenters. The number of aromatic nitrogens is 4. The highest BCUT2D eigenvalue weighted by Crippen LogP contribution is 2.19. The first-order chi connectivity index (χ1) is 11.1. The zero-order chi connectivity index (χ0) is 16.4. The fourth-order valence-corrected chi connectivity index (χ4v) is 2.33. The van der Waals surface area contributed by atoms with Gasteiger partial charge in [-0.05, 0) is 12.1 Å². The van der Waals surface area contributed by atoms with Gasteiger partial charge in [0.05, 0.1) is 5.92 Å². The third-order valence-corrected chi connectivity index (χ3v) is 3.64. The van der Waals surface area contributed by atoms with Crippen molar-refractivity contribution in [3.8, 4) is 11.4 Å². The van der Waals surface area contributed by atoms with Crippen LogP contribution < -0.4 is 4.90 Å². The molecule has 0 aliphatic carbocycles. The van der Waals surface area contributed by atoms with E-state index in [9.17, 15) is 4.79 Å². The summed E-state index contributed by atoms with van der Waals surface area (Å²) in [6, 6.07) is 13.3. The Morgan fingerprint density at radius 1 is 1.22 bits per heavy atom. The first-order valence-electron chi connectivity index (χ1n) is 7.28. The van der Waals surface area contributed by atoms with Crippen LogP contribution in [0.1, 0.15) is 6.92 Å². The SMILES string of the molecule is CC(CN(C)c1ccc2nnc(-c3ccccc3)n2n1)C(=O)O. The molecule has 7 heteroatoms. The van der Waals surface area contributed by atoms with E-state index < -0.39 is 11.9 Å². The number of hydrogen-bond donors (Lipinski definition) is 1. The van der Waals surface area contributed by atoms with Crippen LogP contribution in [0.25, 0.3) is 17.0 Å². The number of carboxylic acids is 1. The summed E-state index contributed by atoms with van der Waals surface area (Å²) < 4.78 is 1.67. The van der Waals surface area contributed by atoms with Crippen molar-refractivity contribution in [1.82, 2.24) is 19.8 Å². The number of fused-ring (bicyclic) bond motifs is 1. The van der Waals surface area contributed by atoms with Crippen molar-refractivity contribution in [2.45, 2.75) is 6.92 Å². The summed E-state index contributed by atoms with van der Waals surface area (Å²) in [6.45, 7) is 2.04. The van der Waals surface area contributed by atoms with E-state index in [-0.39, 0.29) is 0 Å². The lowest BCUT2D eigenvalue weighted by Crippen LogP contribution is -2.29. The summed E-state index contributed by atoms with van der Waals surface area (Å²) in [7, 11) is 1.82. The van der Waals surface area contributed by atoms with Gasteiger partial charge in [-0.25, -0.2) is 0 Å². The molecule has 3 rings (SSSR count). The molecule has 0 radical (unpaired) electrons. The average Bonchev–Trinajstić information content (AvgIpc) is 2.98. The molecular formula is C16H17N5O2. The number of rotatable bonds is 5. The van der Waals surface area contributed by atoms with Gasteiger partial charge in [0.2, 0.25) is 0 Å². The molecule has 0 saturated heterocycles. The monoisotopic (exact) mass is 311 g/mol. The number of nitrogens with zero attached hydrogens (tertiary/aromatic N) is 5. The maximum Gasteiger partial charge on any atom is 0.308 e. The van der Waals surface area contributed by atoms with E-state index in [4.69, 9.17) is 5.11 Å². The van der Waals surface area contributed by atoms with Crippen LogP contribution in [0.15, 0.2) is 42.5 Å². The molecular weight excluding hydrogens is 294 g/mol. The Balaban J connectivity index is 1.96. The smallest absolute Gasteiger partial charge is 0.308 e. The largest absolute Gasteiger partial charge is 0.481 e. The van der Waals surface area contributed by atoms with Crippen molar-refractivity contribution in [3.05, 3.63) is 42.5 Å². The Hall–Kier alpha value is -2.96. The predicted molar refractivity (Wildman–Crippen MR) is 86.3 cm³/mol. The van der Waals surface area contributed by atoms with E-state index in [2.05, 4.69) is 15.3 Å². The van der Waals surface area contributed by atoms with Crippen LogP contribution in [0.4, 0.5) is 5.82 Å². The number of carbonyl (C=O) groups is 1. The van der Waals surface area contributed by atoms with Gasteiger partial charge in [-0.15, -0.1) is 15.3 Å². The van der Waals surface area contributed by atoms with Crippen LogP contribution in [0.5, 0.6) is 0 Å². The van der Waals surface area contributed by atoms with Gasteiger partial charge in [-0.1, -0.05) is 37.3 Å². The zero-order valence-electron chi connectivity index (χ0n) is 12.9. The van der Waals surface area contributed by atoms with Gasteiger partial charge < -0.3 is 10.0 Å². The van der Waals surface area contributed by atoms with E-state index in [1.165, 1.54) is 0 Å². The molecule has 0 bridgehead atoms. The van der Waals surface area contributed by atoms with Gasteiger partial charge in [0.15, 0.2) is 11.5 Å². The van der Waals surface area contributed by atoms with E-state index in [0.717, 1.165) is 5.56 Å². The van der Waals surface area contributed by atoms with Crippen LogP contribution in [-0.4, -0.2) is 44.5 Å². The first kappa shape index (κ1) is 15.0. The molecule has 1 aromatic carbocycles. The Morgan fingerprint density at radius 2 is 1.96 bits per heavy atom. The number of carboxylic acid groups (broad SMARTS) is 1. The van der Waals surface area contributed by atoms with Crippen LogP contribution in [0, 0.1) is 5.92 Å². The van der Waals surface area contributed by atoms with Crippen LogP contribution in [-0.2, 0) is 4.79 Å². The van der Waals surface area contributed by atoms with Crippen molar-refractivity contribution in [1.29, 1.82) is 0 Å². The van der Waals surface area contributed by atoms with Crippen molar-refractivity contribution in [2.75, 3.05) is 18.5 Å². The first-order valence-corrected chi connectivity index (χ1v) is 7.28. The molecule has 0 amide bonds. The Labute approximate surface area is 133 Å². The van der Waals surface area contributed by atoms with Crippen molar-refractivity contribution < 1.29 is 9.90 Å². The van der Waals surface area contributed by atoms with E-state index in [1.54, 1.807) is 11.4 Å². The minimum atomic E-state index is -0.827. The topological polar surface area (TPSA) is 83.6 Å².